The van der Waals surface area contributed by atoms with E-state index >= 15 is 0 Å². The minimum Gasteiger partial charge on any atom is -0.353 e. The molecule has 1 unspecified atom stereocenters. The molecule has 1 aliphatic heterocycles. The van der Waals surface area contributed by atoms with Crippen LogP contribution in [0.4, 0.5) is 0 Å². The molecule has 2 N–H and O–H groups in total. The first kappa shape index (κ1) is 12.1. The number of nitrogens with one attached hydrogen (secondary N) is 2. The lowest BCUT2D eigenvalue weighted by atomic mass is 10.0. The Labute approximate surface area is 103 Å². The van der Waals surface area contributed by atoms with E-state index < -0.39 is 0 Å². The summed E-state index contributed by atoms with van der Waals surface area (Å²) in [4.78, 5) is 11.5. The number of carbonyl (C=O) groups excluding carboxylic acids is 1. The molecule has 1 aromatic rings. The molecule has 1 heterocycles. The first-order valence-electron chi connectivity index (χ1n) is 6.38. The number of piperazine rings is 1. The number of hydrogen-bond donors (Lipinski definition) is 2. The zero-order valence-electron chi connectivity index (χ0n) is 10.3. The van der Waals surface area contributed by atoms with Crippen LogP contribution in [0, 0.1) is 0 Å². The average molecular weight is 232 g/mol. The predicted octanol–water partition coefficient (Wildman–Crippen LogP) is 1.27. The predicted molar refractivity (Wildman–Crippen MR) is 68.9 cm³/mol. The molecule has 0 aliphatic carbocycles. The van der Waals surface area contributed by atoms with E-state index in [0.29, 0.717) is 0 Å². The third kappa shape index (κ3) is 3.30. The Balaban J connectivity index is 1.86. The van der Waals surface area contributed by atoms with Gasteiger partial charge in [0.2, 0.25) is 5.91 Å². The third-order valence-electron chi connectivity index (χ3n) is 3.28. The van der Waals surface area contributed by atoms with Gasteiger partial charge in [-0.1, -0.05) is 31.2 Å². The number of benzene rings is 1. The van der Waals surface area contributed by atoms with Gasteiger partial charge in [0.15, 0.2) is 0 Å². The smallest absolute Gasteiger partial charge is 0.237 e. The van der Waals surface area contributed by atoms with Crippen molar-refractivity contribution in [1.29, 1.82) is 0 Å². The summed E-state index contributed by atoms with van der Waals surface area (Å²) >= 11 is 0. The van der Waals surface area contributed by atoms with Gasteiger partial charge in [-0.3, -0.25) is 4.79 Å². The quantitative estimate of drug-likeness (QED) is 0.821. The standard InChI is InChI=1S/C14H20N2O/c1-2-11-3-5-12(6-4-11)7-8-13-14(17)16-10-9-15-13/h3-6,13,15H,2,7-10H2,1H3,(H,16,17). The molecule has 3 heteroatoms. The van der Waals surface area contributed by atoms with Gasteiger partial charge in [0.1, 0.15) is 0 Å². The Kier molecular flexibility index (Phi) is 4.15. The van der Waals surface area contributed by atoms with E-state index in [1.54, 1.807) is 0 Å². The van der Waals surface area contributed by atoms with Crippen LogP contribution in [0.3, 0.4) is 0 Å². The lowest BCUT2D eigenvalue weighted by Gasteiger charge is -2.23. The number of amides is 1. The summed E-state index contributed by atoms with van der Waals surface area (Å²) in [5, 5.41) is 6.13. The van der Waals surface area contributed by atoms with Gasteiger partial charge >= 0.3 is 0 Å². The summed E-state index contributed by atoms with van der Waals surface area (Å²) in [6, 6.07) is 8.65. The van der Waals surface area contributed by atoms with Gasteiger partial charge in [-0.25, -0.2) is 0 Å². The highest BCUT2D eigenvalue weighted by molar-refractivity contribution is 5.82. The van der Waals surface area contributed by atoms with E-state index in [9.17, 15) is 4.79 Å². The van der Waals surface area contributed by atoms with Crippen molar-refractivity contribution >= 4 is 5.91 Å². The molecule has 1 fully saturated rings. The second kappa shape index (κ2) is 5.82. The van der Waals surface area contributed by atoms with Crippen molar-refractivity contribution in [1.82, 2.24) is 10.6 Å². The highest BCUT2D eigenvalue weighted by Gasteiger charge is 2.20. The molecule has 1 amide bonds. The van der Waals surface area contributed by atoms with Gasteiger partial charge in [0, 0.05) is 13.1 Å². The zero-order chi connectivity index (χ0) is 12.1. The maximum Gasteiger partial charge on any atom is 0.237 e. The number of carbonyl (C=O) groups is 1. The van der Waals surface area contributed by atoms with Gasteiger partial charge in [-0.05, 0) is 30.4 Å². The van der Waals surface area contributed by atoms with Gasteiger partial charge in [0.25, 0.3) is 0 Å². The topological polar surface area (TPSA) is 41.1 Å². The molecule has 3 nitrogen and oxygen atoms in total. The minimum absolute atomic E-state index is 0.0189. The van der Waals surface area contributed by atoms with Crippen LogP contribution in [0.15, 0.2) is 24.3 Å². The van der Waals surface area contributed by atoms with Crippen LogP contribution in [0.25, 0.3) is 0 Å². The Bertz CT molecular complexity index is 372. The SMILES string of the molecule is CCc1ccc(CCC2NCCNC2=O)cc1. The van der Waals surface area contributed by atoms with Crippen LogP contribution in [-0.2, 0) is 17.6 Å². The van der Waals surface area contributed by atoms with Crippen molar-refractivity contribution in [3.8, 4) is 0 Å². The monoisotopic (exact) mass is 232 g/mol. The molecule has 0 aromatic heterocycles. The van der Waals surface area contributed by atoms with E-state index in [1.807, 2.05) is 0 Å². The van der Waals surface area contributed by atoms with Crippen LogP contribution in [-0.4, -0.2) is 25.0 Å². The van der Waals surface area contributed by atoms with Crippen LogP contribution in [0.2, 0.25) is 0 Å². The van der Waals surface area contributed by atoms with E-state index in [2.05, 4.69) is 41.8 Å². The van der Waals surface area contributed by atoms with Gasteiger partial charge in [0.05, 0.1) is 6.04 Å². The number of hydrogen-bond acceptors (Lipinski definition) is 2. The summed E-state index contributed by atoms with van der Waals surface area (Å²) < 4.78 is 0. The van der Waals surface area contributed by atoms with Gasteiger partial charge < -0.3 is 10.6 Å². The largest absolute Gasteiger partial charge is 0.353 e. The molecule has 0 spiro atoms. The fourth-order valence-corrected chi connectivity index (χ4v) is 2.13. The first-order valence-corrected chi connectivity index (χ1v) is 6.38. The summed E-state index contributed by atoms with van der Waals surface area (Å²) in [6.07, 6.45) is 2.90. The van der Waals surface area contributed by atoms with Crippen LogP contribution in [0.1, 0.15) is 24.5 Å². The summed E-state index contributed by atoms with van der Waals surface area (Å²) in [7, 11) is 0. The fourth-order valence-electron chi connectivity index (χ4n) is 2.13. The molecule has 1 saturated heterocycles. The maximum atomic E-state index is 11.5. The fraction of sp³-hybridized carbons (Fsp3) is 0.500. The Morgan fingerprint density at radius 1 is 1.18 bits per heavy atom. The van der Waals surface area contributed by atoms with Crippen molar-refractivity contribution in [2.45, 2.75) is 32.2 Å². The minimum atomic E-state index is -0.0189. The normalized spacial score (nSPS) is 20.1. The number of rotatable bonds is 4. The van der Waals surface area contributed by atoms with Crippen molar-refractivity contribution < 1.29 is 4.79 Å². The van der Waals surface area contributed by atoms with E-state index in [-0.39, 0.29) is 11.9 Å². The molecule has 0 bridgehead atoms. The molecule has 17 heavy (non-hydrogen) atoms. The molecular formula is C14H20N2O. The first-order chi connectivity index (χ1) is 8.29. The van der Waals surface area contributed by atoms with Crippen LogP contribution >= 0.6 is 0 Å². The highest BCUT2D eigenvalue weighted by atomic mass is 16.2. The van der Waals surface area contributed by atoms with Crippen molar-refractivity contribution in [3.05, 3.63) is 35.4 Å². The summed E-state index contributed by atoms with van der Waals surface area (Å²) in [5.41, 5.74) is 2.67. The Morgan fingerprint density at radius 2 is 1.88 bits per heavy atom. The van der Waals surface area contributed by atoms with E-state index in [1.165, 1.54) is 11.1 Å². The Hall–Kier alpha value is -1.35. The number of aryl methyl sites for hydroxylation is 2. The summed E-state index contributed by atoms with van der Waals surface area (Å²) in [6.45, 7) is 3.79. The molecular weight excluding hydrogens is 212 g/mol. The second-order valence-electron chi connectivity index (χ2n) is 4.51. The maximum absolute atomic E-state index is 11.5. The van der Waals surface area contributed by atoms with Crippen molar-refractivity contribution in [2.75, 3.05) is 13.1 Å². The highest BCUT2D eigenvalue weighted by Crippen LogP contribution is 2.09. The molecule has 92 valence electrons. The molecule has 1 atom stereocenters. The van der Waals surface area contributed by atoms with Gasteiger partial charge in [-0.2, -0.15) is 0 Å². The van der Waals surface area contributed by atoms with E-state index in [4.69, 9.17) is 0 Å². The van der Waals surface area contributed by atoms with Crippen LogP contribution < -0.4 is 10.6 Å². The lowest BCUT2D eigenvalue weighted by molar-refractivity contribution is -0.124. The summed E-state index contributed by atoms with van der Waals surface area (Å²) in [5.74, 6) is 0.140. The second-order valence-corrected chi connectivity index (χ2v) is 4.51. The molecule has 0 radical (unpaired) electrons. The van der Waals surface area contributed by atoms with E-state index in [0.717, 1.165) is 32.4 Å². The average Bonchev–Trinajstić information content (AvgIpc) is 2.38. The van der Waals surface area contributed by atoms with Crippen LogP contribution in [0.5, 0.6) is 0 Å². The molecule has 1 aromatic carbocycles. The Morgan fingerprint density at radius 3 is 2.53 bits per heavy atom. The van der Waals surface area contributed by atoms with Crippen molar-refractivity contribution in [3.63, 3.8) is 0 Å². The molecule has 1 aliphatic rings. The zero-order valence-corrected chi connectivity index (χ0v) is 10.3. The third-order valence-corrected chi connectivity index (χ3v) is 3.28. The van der Waals surface area contributed by atoms with Crippen molar-refractivity contribution in [2.24, 2.45) is 0 Å². The lowest BCUT2D eigenvalue weighted by Crippen LogP contribution is -2.52. The van der Waals surface area contributed by atoms with Gasteiger partial charge in [-0.15, -0.1) is 0 Å². The molecule has 0 saturated carbocycles. The molecule has 2 rings (SSSR count).